The topological polar surface area (TPSA) is 43.4 Å². The minimum atomic E-state index is -0.899. The molecule has 0 aliphatic heterocycles. The lowest BCUT2D eigenvalue weighted by Gasteiger charge is -2.62. The SMILES string of the molecule is C=CC(=O)OC1(C=O)CCC2CC1C2(C)C. The van der Waals surface area contributed by atoms with Crippen LogP contribution in [0, 0.1) is 17.3 Å². The van der Waals surface area contributed by atoms with Gasteiger partial charge in [-0.1, -0.05) is 20.4 Å². The van der Waals surface area contributed by atoms with Crippen LogP contribution in [0.15, 0.2) is 12.7 Å². The molecule has 3 atom stereocenters. The molecule has 3 heteroatoms. The summed E-state index contributed by atoms with van der Waals surface area (Å²) in [6, 6.07) is 0. The van der Waals surface area contributed by atoms with Crippen LogP contribution >= 0.6 is 0 Å². The Hall–Kier alpha value is -1.12. The van der Waals surface area contributed by atoms with Gasteiger partial charge in [0, 0.05) is 12.0 Å². The lowest BCUT2D eigenvalue weighted by molar-refractivity contribution is -0.212. The number of ether oxygens (including phenoxy) is 1. The fourth-order valence-corrected chi connectivity index (χ4v) is 3.43. The third-order valence-electron chi connectivity index (χ3n) is 4.60. The number of carbonyl (C=O) groups is 2. The molecule has 16 heavy (non-hydrogen) atoms. The molecule has 88 valence electrons. The first-order valence-electron chi connectivity index (χ1n) is 5.78. The zero-order valence-corrected chi connectivity index (χ0v) is 9.86. The molecule has 0 aromatic carbocycles. The molecule has 0 amide bonds. The molecule has 3 saturated carbocycles. The van der Waals surface area contributed by atoms with Crippen molar-refractivity contribution >= 4 is 12.3 Å². The van der Waals surface area contributed by atoms with E-state index in [0.29, 0.717) is 12.3 Å². The van der Waals surface area contributed by atoms with Gasteiger partial charge in [-0.05, 0) is 30.6 Å². The largest absolute Gasteiger partial charge is 0.448 e. The van der Waals surface area contributed by atoms with Crippen molar-refractivity contribution in [1.29, 1.82) is 0 Å². The van der Waals surface area contributed by atoms with E-state index in [1.54, 1.807) is 0 Å². The number of aldehydes is 1. The zero-order chi connectivity index (χ0) is 12.0. The van der Waals surface area contributed by atoms with Gasteiger partial charge in [-0.2, -0.15) is 0 Å². The van der Waals surface area contributed by atoms with Gasteiger partial charge in [-0.25, -0.2) is 4.79 Å². The highest BCUT2D eigenvalue weighted by molar-refractivity contribution is 5.84. The van der Waals surface area contributed by atoms with Crippen molar-refractivity contribution in [2.24, 2.45) is 17.3 Å². The van der Waals surface area contributed by atoms with E-state index in [0.717, 1.165) is 25.2 Å². The Kier molecular flexibility index (Phi) is 2.44. The van der Waals surface area contributed by atoms with Crippen LogP contribution in [0.2, 0.25) is 0 Å². The second-order valence-electron chi connectivity index (χ2n) is 5.54. The van der Waals surface area contributed by atoms with Gasteiger partial charge in [-0.3, -0.25) is 4.79 Å². The van der Waals surface area contributed by atoms with Crippen LogP contribution in [-0.2, 0) is 14.3 Å². The number of fused-ring (bicyclic) bond motifs is 2. The Balaban J connectivity index is 2.24. The predicted molar refractivity (Wildman–Crippen MR) is 59.7 cm³/mol. The monoisotopic (exact) mass is 222 g/mol. The fraction of sp³-hybridized carbons (Fsp3) is 0.692. The molecular weight excluding hydrogens is 204 g/mol. The van der Waals surface area contributed by atoms with Gasteiger partial charge in [0.25, 0.3) is 0 Å². The molecule has 3 fully saturated rings. The first kappa shape index (κ1) is 11.4. The van der Waals surface area contributed by atoms with Crippen LogP contribution in [0.25, 0.3) is 0 Å². The maximum Gasteiger partial charge on any atom is 0.331 e. The first-order valence-corrected chi connectivity index (χ1v) is 5.78. The van der Waals surface area contributed by atoms with Gasteiger partial charge in [0.2, 0.25) is 0 Å². The van der Waals surface area contributed by atoms with Crippen molar-refractivity contribution in [1.82, 2.24) is 0 Å². The summed E-state index contributed by atoms with van der Waals surface area (Å²) in [5.41, 5.74) is -0.788. The third kappa shape index (κ3) is 1.34. The van der Waals surface area contributed by atoms with Crippen molar-refractivity contribution in [3.05, 3.63) is 12.7 Å². The average molecular weight is 222 g/mol. The second kappa shape index (κ2) is 3.44. The molecule has 3 nitrogen and oxygen atoms in total. The smallest absolute Gasteiger partial charge is 0.331 e. The second-order valence-corrected chi connectivity index (χ2v) is 5.54. The lowest BCUT2D eigenvalue weighted by Crippen LogP contribution is -2.63. The Morgan fingerprint density at radius 2 is 2.19 bits per heavy atom. The summed E-state index contributed by atoms with van der Waals surface area (Å²) in [6.07, 6.45) is 4.58. The van der Waals surface area contributed by atoms with E-state index in [1.165, 1.54) is 0 Å². The number of hydrogen-bond donors (Lipinski definition) is 0. The molecule has 2 bridgehead atoms. The van der Waals surface area contributed by atoms with Crippen LogP contribution in [0.3, 0.4) is 0 Å². The Labute approximate surface area is 95.9 Å². The Morgan fingerprint density at radius 1 is 1.50 bits per heavy atom. The van der Waals surface area contributed by atoms with E-state index in [1.807, 2.05) is 0 Å². The highest BCUT2D eigenvalue weighted by atomic mass is 16.6. The van der Waals surface area contributed by atoms with Gasteiger partial charge in [0.15, 0.2) is 11.9 Å². The van der Waals surface area contributed by atoms with E-state index >= 15 is 0 Å². The summed E-state index contributed by atoms with van der Waals surface area (Å²) in [7, 11) is 0. The Morgan fingerprint density at radius 3 is 2.62 bits per heavy atom. The minimum absolute atomic E-state index is 0.112. The molecule has 3 unspecified atom stereocenters. The normalized spacial score (nSPS) is 39.4. The van der Waals surface area contributed by atoms with Crippen LogP contribution in [-0.4, -0.2) is 17.9 Å². The summed E-state index contributed by atoms with van der Waals surface area (Å²) >= 11 is 0. The first-order chi connectivity index (χ1) is 7.46. The third-order valence-corrected chi connectivity index (χ3v) is 4.60. The molecule has 3 aliphatic carbocycles. The van der Waals surface area contributed by atoms with Gasteiger partial charge < -0.3 is 4.74 Å². The van der Waals surface area contributed by atoms with Crippen LogP contribution in [0.1, 0.15) is 33.1 Å². The maximum atomic E-state index is 11.3. The molecule has 0 aromatic rings. The molecule has 0 saturated heterocycles. The van der Waals surface area contributed by atoms with E-state index in [4.69, 9.17) is 4.74 Å². The summed E-state index contributed by atoms with van der Waals surface area (Å²) in [5, 5.41) is 0. The van der Waals surface area contributed by atoms with Crippen LogP contribution < -0.4 is 0 Å². The molecule has 0 heterocycles. The standard InChI is InChI=1S/C13H18O3/c1-4-11(15)16-13(8-14)6-5-9-7-10(13)12(9,2)3/h4,8-10H,1,5-7H2,2-3H3. The van der Waals surface area contributed by atoms with E-state index < -0.39 is 11.6 Å². The van der Waals surface area contributed by atoms with Crippen molar-refractivity contribution in [3.63, 3.8) is 0 Å². The van der Waals surface area contributed by atoms with Crippen molar-refractivity contribution in [2.75, 3.05) is 0 Å². The van der Waals surface area contributed by atoms with E-state index in [9.17, 15) is 9.59 Å². The number of esters is 1. The summed E-state index contributed by atoms with van der Waals surface area (Å²) in [4.78, 5) is 22.7. The highest BCUT2D eigenvalue weighted by Crippen LogP contribution is 2.63. The predicted octanol–water partition coefficient (Wildman–Crippen LogP) is 2.11. The molecular formula is C13H18O3. The zero-order valence-electron chi connectivity index (χ0n) is 9.86. The van der Waals surface area contributed by atoms with Crippen molar-refractivity contribution in [3.8, 4) is 0 Å². The van der Waals surface area contributed by atoms with Gasteiger partial charge in [0.05, 0.1) is 0 Å². The average Bonchev–Trinajstić information content (AvgIpc) is 2.28. The van der Waals surface area contributed by atoms with E-state index in [-0.39, 0.29) is 11.3 Å². The van der Waals surface area contributed by atoms with Gasteiger partial charge in [-0.15, -0.1) is 0 Å². The summed E-state index contributed by atoms with van der Waals surface area (Å²) in [5.74, 6) is 0.349. The maximum absolute atomic E-state index is 11.3. The van der Waals surface area contributed by atoms with Crippen molar-refractivity contribution < 1.29 is 14.3 Å². The quantitative estimate of drug-likeness (QED) is 0.417. The molecule has 0 N–H and O–H groups in total. The number of rotatable bonds is 3. The number of hydrogen-bond acceptors (Lipinski definition) is 3. The van der Waals surface area contributed by atoms with Gasteiger partial charge >= 0.3 is 5.97 Å². The molecule has 3 aliphatic rings. The molecule has 0 spiro atoms. The van der Waals surface area contributed by atoms with Crippen molar-refractivity contribution in [2.45, 2.75) is 38.7 Å². The highest BCUT2D eigenvalue weighted by Gasteiger charge is 2.63. The van der Waals surface area contributed by atoms with Crippen LogP contribution in [0.4, 0.5) is 0 Å². The minimum Gasteiger partial charge on any atom is -0.448 e. The fourth-order valence-electron chi connectivity index (χ4n) is 3.43. The Bertz CT molecular complexity index is 343. The molecule has 0 aromatic heterocycles. The molecule has 0 radical (unpaired) electrons. The lowest BCUT2D eigenvalue weighted by atomic mass is 9.44. The molecule has 3 rings (SSSR count). The van der Waals surface area contributed by atoms with Gasteiger partial charge in [0.1, 0.15) is 0 Å². The summed E-state index contributed by atoms with van der Waals surface area (Å²) < 4.78 is 5.34. The summed E-state index contributed by atoms with van der Waals surface area (Å²) in [6.45, 7) is 7.69. The van der Waals surface area contributed by atoms with E-state index in [2.05, 4.69) is 20.4 Å². The van der Waals surface area contributed by atoms with Crippen LogP contribution in [0.5, 0.6) is 0 Å². The number of carbonyl (C=O) groups excluding carboxylic acids is 2.